The van der Waals surface area contributed by atoms with Crippen molar-refractivity contribution in [3.05, 3.63) is 102 Å². The Kier molecular flexibility index (Phi) is 6.55. The fourth-order valence-corrected chi connectivity index (χ4v) is 6.09. The van der Waals surface area contributed by atoms with Crippen molar-refractivity contribution in [2.24, 2.45) is 0 Å². The van der Waals surface area contributed by atoms with Gasteiger partial charge in [0.05, 0.1) is 34.6 Å². The molecule has 1 fully saturated rings. The predicted octanol–water partition coefficient (Wildman–Crippen LogP) is 5.76. The van der Waals surface area contributed by atoms with E-state index in [1.807, 2.05) is 42.6 Å². The highest BCUT2D eigenvalue weighted by Gasteiger charge is 2.48. The fraction of sp³-hybridized carbons (Fsp3) is 0.161. The first-order valence-corrected chi connectivity index (χ1v) is 13.7. The van der Waals surface area contributed by atoms with Crippen LogP contribution in [0.1, 0.15) is 28.6 Å². The molecule has 1 saturated heterocycles. The minimum Gasteiger partial charge on any atom is -0.505 e. The number of Topliss-reactive ketones (excluding diaryl/α,β-unsaturated/α-hetero) is 1. The number of aromatic nitrogens is 3. The summed E-state index contributed by atoms with van der Waals surface area (Å²) in [4.78, 5) is 38.1. The molecule has 2 aromatic carbocycles. The molecule has 0 saturated carbocycles. The number of carbonyl (C=O) groups excluding carboxylic acids is 2. The van der Waals surface area contributed by atoms with Crippen LogP contribution in [0.15, 0.2) is 79.0 Å². The molecule has 1 aliphatic rings. The molecular formula is C31H26N4O5S. The molecule has 41 heavy (non-hydrogen) atoms. The lowest BCUT2D eigenvalue weighted by Crippen LogP contribution is -2.29. The molecule has 1 unspecified atom stereocenters. The van der Waals surface area contributed by atoms with Gasteiger partial charge in [-0.25, -0.2) is 9.97 Å². The van der Waals surface area contributed by atoms with Gasteiger partial charge in [0, 0.05) is 6.20 Å². The van der Waals surface area contributed by atoms with E-state index in [0.29, 0.717) is 39.1 Å². The van der Waals surface area contributed by atoms with Crippen molar-refractivity contribution in [3.8, 4) is 11.5 Å². The first kappa shape index (κ1) is 26.3. The van der Waals surface area contributed by atoms with Crippen molar-refractivity contribution >= 4 is 49.8 Å². The lowest BCUT2D eigenvalue weighted by atomic mass is 9.96. The number of nitrogens with zero attached hydrogens (tertiary/aromatic N) is 4. The van der Waals surface area contributed by atoms with E-state index >= 15 is 0 Å². The minimum atomic E-state index is -0.977. The van der Waals surface area contributed by atoms with Gasteiger partial charge in [0.2, 0.25) is 0 Å². The zero-order valence-electron chi connectivity index (χ0n) is 22.6. The van der Waals surface area contributed by atoms with Crippen LogP contribution in [0, 0.1) is 13.8 Å². The smallest absolute Gasteiger partial charge is 0.301 e. The summed E-state index contributed by atoms with van der Waals surface area (Å²) in [6.07, 6.45) is 3.47. The van der Waals surface area contributed by atoms with Crippen molar-refractivity contribution < 1.29 is 24.2 Å². The number of aliphatic hydroxyl groups excluding tert-OH is 1. The highest BCUT2D eigenvalue weighted by atomic mass is 32.1. The number of fused-ring (bicyclic) bond motifs is 2. The largest absolute Gasteiger partial charge is 0.505 e. The van der Waals surface area contributed by atoms with Crippen LogP contribution in [0.4, 0.5) is 5.13 Å². The Morgan fingerprint density at radius 1 is 1.10 bits per heavy atom. The lowest BCUT2D eigenvalue weighted by molar-refractivity contribution is -0.132. The molecule has 0 bridgehead atoms. The third kappa shape index (κ3) is 4.33. The number of benzene rings is 2. The third-order valence-corrected chi connectivity index (χ3v) is 8.10. The Bertz CT molecular complexity index is 1900. The third-order valence-electron chi connectivity index (χ3n) is 7.08. The summed E-state index contributed by atoms with van der Waals surface area (Å²) in [5, 5.41) is 12.0. The summed E-state index contributed by atoms with van der Waals surface area (Å²) < 4.78 is 13.7. The highest BCUT2D eigenvalue weighted by molar-refractivity contribution is 7.22. The van der Waals surface area contributed by atoms with Gasteiger partial charge in [-0.15, -0.1) is 0 Å². The van der Waals surface area contributed by atoms with Crippen molar-refractivity contribution in [1.82, 2.24) is 14.4 Å². The number of imidazole rings is 1. The van der Waals surface area contributed by atoms with Gasteiger partial charge in [-0.05, 0) is 61.4 Å². The Morgan fingerprint density at radius 2 is 1.93 bits per heavy atom. The molecule has 0 spiro atoms. The molecule has 206 valence electrons. The molecule has 0 radical (unpaired) electrons. The van der Waals surface area contributed by atoms with Crippen LogP contribution < -0.4 is 14.4 Å². The van der Waals surface area contributed by atoms with E-state index in [2.05, 4.69) is 16.5 Å². The molecular weight excluding hydrogens is 540 g/mol. The topological polar surface area (TPSA) is 106 Å². The van der Waals surface area contributed by atoms with Crippen molar-refractivity contribution in [2.75, 3.05) is 18.6 Å². The number of thiazole rings is 1. The molecule has 6 rings (SSSR count). The molecule has 9 nitrogen and oxygen atoms in total. The average molecular weight is 567 g/mol. The number of aliphatic hydroxyl groups is 1. The zero-order chi connectivity index (χ0) is 28.8. The number of anilines is 1. The molecule has 4 heterocycles. The molecule has 5 aromatic rings. The van der Waals surface area contributed by atoms with Crippen LogP contribution in [0.2, 0.25) is 0 Å². The number of ketones is 1. The van der Waals surface area contributed by atoms with E-state index in [-0.39, 0.29) is 23.6 Å². The summed E-state index contributed by atoms with van der Waals surface area (Å²) in [6.45, 7) is 7.70. The second-order valence-corrected chi connectivity index (χ2v) is 10.6. The maximum absolute atomic E-state index is 13.7. The second kappa shape index (κ2) is 10.2. The van der Waals surface area contributed by atoms with Crippen LogP contribution in [0.3, 0.4) is 0 Å². The van der Waals surface area contributed by atoms with Gasteiger partial charge in [-0.1, -0.05) is 42.2 Å². The standard InChI is InChI=1S/C31H26N4O5S/c1-5-14-40-21-10-6-9-19(15-21)26-24(27(36)25-18(3)34-13-7-8-17(2)29(34)33-25)28(37)30(38)35(26)31-32-22-12-11-20(39-4)16-23(22)41-31/h5-13,15-16,26,36H,1,14H2,2-4H3/b27-24+. The minimum absolute atomic E-state index is 0.0723. The van der Waals surface area contributed by atoms with Crippen LogP contribution in [0.25, 0.3) is 21.6 Å². The summed E-state index contributed by atoms with van der Waals surface area (Å²) in [5.41, 5.74) is 3.58. The zero-order valence-corrected chi connectivity index (χ0v) is 23.4. The van der Waals surface area contributed by atoms with Gasteiger partial charge in [0.25, 0.3) is 5.78 Å². The van der Waals surface area contributed by atoms with Gasteiger partial charge in [0.15, 0.2) is 10.9 Å². The van der Waals surface area contributed by atoms with Gasteiger partial charge in [-0.3, -0.25) is 14.5 Å². The predicted molar refractivity (Wildman–Crippen MR) is 158 cm³/mol. The van der Waals surface area contributed by atoms with E-state index in [4.69, 9.17) is 9.47 Å². The van der Waals surface area contributed by atoms with Crippen molar-refractivity contribution in [3.63, 3.8) is 0 Å². The first-order valence-electron chi connectivity index (χ1n) is 12.9. The molecule has 1 atom stereocenters. The second-order valence-electron chi connectivity index (χ2n) is 9.60. The summed E-state index contributed by atoms with van der Waals surface area (Å²) in [7, 11) is 1.58. The monoisotopic (exact) mass is 566 g/mol. The lowest BCUT2D eigenvalue weighted by Gasteiger charge is -2.23. The maximum atomic E-state index is 13.7. The molecule has 1 amide bonds. The van der Waals surface area contributed by atoms with E-state index < -0.39 is 17.7 Å². The number of carbonyl (C=O) groups is 2. The quantitative estimate of drug-likeness (QED) is 0.116. The molecule has 3 aromatic heterocycles. The van der Waals surface area contributed by atoms with Crippen molar-refractivity contribution in [1.29, 1.82) is 0 Å². The van der Waals surface area contributed by atoms with Crippen molar-refractivity contribution in [2.45, 2.75) is 19.9 Å². The normalized spacial score (nSPS) is 16.6. The number of hydrogen-bond acceptors (Lipinski definition) is 8. The maximum Gasteiger partial charge on any atom is 0.301 e. The Hall–Kier alpha value is -4.96. The Morgan fingerprint density at radius 3 is 2.68 bits per heavy atom. The number of amides is 1. The number of methoxy groups -OCH3 is 1. The van der Waals surface area contributed by atoms with Crippen LogP contribution in [0.5, 0.6) is 11.5 Å². The van der Waals surface area contributed by atoms with E-state index in [9.17, 15) is 14.7 Å². The van der Waals surface area contributed by atoms with Crippen LogP contribution in [-0.2, 0) is 9.59 Å². The van der Waals surface area contributed by atoms with Gasteiger partial charge in [-0.2, -0.15) is 0 Å². The highest BCUT2D eigenvalue weighted by Crippen LogP contribution is 2.45. The number of hydrogen-bond donors (Lipinski definition) is 1. The van der Waals surface area contributed by atoms with Gasteiger partial charge >= 0.3 is 5.91 Å². The fourth-order valence-electron chi connectivity index (χ4n) is 5.07. The van der Waals surface area contributed by atoms with Crippen LogP contribution >= 0.6 is 11.3 Å². The van der Waals surface area contributed by atoms with E-state index in [1.54, 1.807) is 49.6 Å². The molecule has 10 heteroatoms. The Balaban J connectivity index is 1.58. The number of pyridine rings is 1. The molecule has 0 aliphatic carbocycles. The molecule has 1 N–H and O–H groups in total. The summed E-state index contributed by atoms with van der Waals surface area (Å²) in [6, 6.07) is 15.3. The number of aryl methyl sites for hydroxylation is 2. The first-order chi connectivity index (χ1) is 19.8. The van der Waals surface area contributed by atoms with E-state index in [1.165, 1.54) is 16.2 Å². The van der Waals surface area contributed by atoms with E-state index in [0.717, 1.165) is 10.3 Å². The summed E-state index contributed by atoms with van der Waals surface area (Å²) >= 11 is 1.26. The SMILES string of the molecule is C=CCOc1cccc(C2/C(=C(\O)c3nc4c(C)cccn4c3C)C(=O)C(=O)N2c2nc3ccc(OC)cc3s2)c1. The number of rotatable bonds is 7. The summed E-state index contributed by atoms with van der Waals surface area (Å²) in [5.74, 6) is -0.790. The number of ether oxygens (including phenoxy) is 2. The Labute approximate surface area is 239 Å². The average Bonchev–Trinajstić information content (AvgIpc) is 3.63. The van der Waals surface area contributed by atoms with Gasteiger partial charge < -0.3 is 19.0 Å². The van der Waals surface area contributed by atoms with Crippen LogP contribution in [-0.4, -0.2) is 44.9 Å². The van der Waals surface area contributed by atoms with Gasteiger partial charge in [0.1, 0.15) is 29.4 Å². The molecule has 1 aliphatic heterocycles.